The van der Waals surface area contributed by atoms with E-state index < -0.39 is 0 Å². The topological polar surface area (TPSA) is 35.5 Å². The molecule has 0 saturated heterocycles. The molecule has 0 spiro atoms. The maximum Gasteiger partial charge on any atom is 0.364 e. The maximum absolute atomic E-state index is 13.0. The quantitative estimate of drug-likeness (QED) is 0.0666. The summed E-state index contributed by atoms with van der Waals surface area (Å²) in [6.07, 6.45) is 21.2. The number of carbonyl (C=O) groups excluding carboxylic acids is 1. The highest BCUT2D eigenvalue weighted by atomic mass is 16.5. The summed E-state index contributed by atoms with van der Waals surface area (Å²) in [6, 6.07) is 18.8. The Morgan fingerprint density at radius 3 is 1.90 bits per heavy atom. The zero-order valence-electron chi connectivity index (χ0n) is 27.6. The SMILES string of the molecule is CCCCCCCCCCCCCCc1cccc(OCCCCOC(=O)C(CCC)[N+](C)(C)Cc2ccccc2)c1. The predicted molar refractivity (Wildman–Crippen MR) is 178 cm³/mol. The molecule has 4 heteroatoms. The summed E-state index contributed by atoms with van der Waals surface area (Å²) in [5, 5.41) is 0. The molecule has 236 valence electrons. The van der Waals surface area contributed by atoms with Gasteiger partial charge in [-0.2, -0.15) is 0 Å². The molecule has 0 heterocycles. The number of nitrogens with zero attached hydrogens (tertiary/aromatic N) is 1. The zero-order valence-corrected chi connectivity index (χ0v) is 27.6. The Morgan fingerprint density at radius 1 is 0.667 bits per heavy atom. The van der Waals surface area contributed by atoms with Crippen LogP contribution in [0.1, 0.15) is 128 Å². The average molecular weight is 581 g/mol. The van der Waals surface area contributed by atoms with E-state index >= 15 is 0 Å². The molecule has 2 aromatic rings. The molecule has 2 aromatic carbocycles. The van der Waals surface area contributed by atoms with Gasteiger partial charge in [-0.1, -0.05) is 127 Å². The third-order valence-corrected chi connectivity index (χ3v) is 8.38. The fourth-order valence-corrected chi connectivity index (χ4v) is 5.81. The maximum atomic E-state index is 13.0. The van der Waals surface area contributed by atoms with Gasteiger partial charge in [0.25, 0.3) is 0 Å². The molecule has 1 unspecified atom stereocenters. The molecule has 0 saturated carbocycles. The van der Waals surface area contributed by atoms with Crippen molar-refractivity contribution in [2.45, 2.75) is 136 Å². The first-order valence-corrected chi connectivity index (χ1v) is 17.2. The second-order valence-electron chi connectivity index (χ2n) is 12.7. The van der Waals surface area contributed by atoms with Crippen molar-refractivity contribution in [3.05, 3.63) is 65.7 Å². The number of benzene rings is 2. The Morgan fingerprint density at radius 2 is 1.26 bits per heavy atom. The van der Waals surface area contributed by atoms with Gasteiger partial charge in [0.05, 0.1) is 27.3 Å². The summed E-state index contributed by atoms with van der Waals surface area (Å²) in [5.74, 6) is 0.871. The van der Waals surface area contributed by atoms with Gasteiger partial charge in [0.2, 0.25) is 0 Å². The molecule has 42 heavy (non-hydrogen) atoms. The molecule has 2 rings (SSSR count). The Kier molecular flexibility index (Phi) is 19.0. The second kappa shape index (κ2) is 22.2. The summed E-state index contributed by atoms with van der Waals surface area (Å²) in [7, 11) is 4.27. The van der Waals surface area contributed by atoms with E-state index in [1.807, 2.05) is 12.1 Å². The Hall–Kier alpha value is -2.33. The Balaban J connectivity index is 1.56. The lowest BCUT2D eigenvalue weighted by Gasteiger charge is -2.36. The van der Waals surface area contributed by atoms with Crippen LogP contribution in [0.2, 0.25) is 0 Å². The smallest absolute Gasteiger partial charge is 0.364 e. The molecule has 0 amide bonds. The van der Waals surface area contributed by atoms with Crippen molar-refractivity contribution in [2.75, 3.05) is 27.3 Å². The number of unbranched alkanes of at least 4 members (excludes halogenated alkanes) is 12. The van der Waals surface area contributed by atoms with Crippen LogP contribution in [0.4, 0.5) is 0 Å². The van der Waals surface area contributed by atoms with Gasteiger partial charge in [-0.3, -0.25) is 0 Å². The summed E-state index contributed by atoms with van der Waals surface area (Å²) >= 11 is 0. The molecule has 0 radical (unpaired) electrons. The van der Waals surface area contributed by atoms with Gasteiger partial charge in [0.1, 0.15) is 12.3 Å². The van der Waals surface area contributed by atoms with Crippen LogP contribution in [0, 0.1) is 0 Å². The van der Waals surface area contributed by atoms with Gasteiger partial charge >= 0.3 is 5.97 Å². The minimum Gasteiger partial charge on any atom is -0.494 e. The van der Waals surface area contributed by atoms with Crippen molar-refractivity contribution < 1.29 is 18.8 Å². The predicted octanol–water partition coefficient (Wildman–Crippen LogP) is 10.1. The minimum absolute atomic E-state index is 0.0794. The monoisotopic (exact) mass is 580 g/mol. The van der Waals surface area contributed by atoms with Crippen LogP contribution >= 0.6 is 0 Å². The fourth-order valence-electron chi connectivity index (χ4n) is 5.81. The normalized spacial score (nSPS) is 12.3. The largest absolute Gasteiger partial charge is 0.494 e. The molecule has 4 nitrogen and oxygen atoms in total. The number of aryl methyl sites for hydroxylation is 1. The van der Waals surface area contributed by atoms with Crippen molar-refractivity contribution in [3.63, 3.8) is 0 Å². The average Bonchev–Trinajstić information content (AvgIpc) is 2.98. The van der Waals surface area contributed by atoms with Gasteiger partial charge in [-0.05, 0) is 49.8 Å². The third kappa shape index (κ3) is 15.8. The van der Waals surface area contributed by atoms with Gasteiger partial charge < -0.3 is 14.0 Å². The van der Waals surface area contributed by atoms with E-state index in [-0.39, 0.29) is 12.0 Å². The second-order valence-corrected chi connectivity index (χ2v) is 12.7. The van der Waals surface area contributed by atoms with Gasteiger partial charge in [-0.15, -0.1) is 0 Å². The molecule has 0 N–H and O–H groups in total. The summed E-state index contributed by atoms with van der Waals surface area (Å²) in [5.41, 5.74) is 2.61. The van der Waals surface area contributed by atoms with E-state index in [1.54, 1.807) is 0 Å². The van der Waals surface area contributed by atoms with E-state index in [9.17, 15) is 4.79 Å². The summed E-state index contributed by atoms with van der Waals surface area (Å²) < 4.78 is 12.4. The summed E-state index contributed by atoms with van der Waals surface area (Å²) in [6.45, 7) is 6.33. The highest BCUT2D eigenvalue weighted by Crippen LogP contribution is 2.20. The van der Waals surface area contributed by atoms with Crippen molar-refractivity contribution in [1.82, 2.24) is 0 Å². The van der Waals surface area contributed by atoms with E-state index in [1.165, 1.54) is 88.2 Å². The van der Waals surface area contributed by atoms with Crippen molar-refractivity contribution >= 4 is 5.97 Å². The van der Waals surface area contributed by atoms with Crippen LogP contribution in [0.5, 0.6) is 5.75 Å². The zero-order chi connectivity index (χ0) is 30.3. The van der Waals surface area contributed by atoms with Crippen LogP contribution < -0.4 is 4.74 Å². The lowest BCUT2D eigenvalue weighted by atomic mass is 10.0. The molecule has 0 fully saturated rings. The standard InChI is InChI=1S/C38H62NO3/c1-5-7-8-9-10-11-12-13-14-15-16-18-25-34-28-23-29-36(32-34)41-30-21-22-31-42-38(40)37(24-6-2)39(3,4)33-35-26-19-17-20-27-35/h17,19-20,23,26-29,32,37H,5-16,18,21-22,24-25,30-31,33H2,1-4H3/q+1. The van der Waals surface area contributed by atoms with Crippen LogP contribution in [-0.4, -0.2) is 43.8 Å². The third-order valence-electron chi connectivity index (χ3n) is 8.38. The highest BCUT2D eigenvalue weighted by Gasteiger charge is 2.35. The Labute approximate surface area is 258 Å². The number of hydrogen-bond donors (Lipinski definition) is 0. The van der Waals surface area contributed by atoms with Gasteiger partial charge in [-0.25, -0.2) is 4.79 Å². The first-order chi connectivity index (χ1) is 20.5. The first-order valence-electron chi connectivity index (χ1n) is 17.2. The molecular formula is C38H62NO3+. The lowest BCUT2D eigenvalue weighted by molar-refractivity contribution is -0.920. The number of likely N-dealkylation sites (N-methyl/N-ethyl adjacent to an activating group) is 1. The van der Waals surface area contributed by atoms with E-state index in [2.05, 4.69) is 70.4 Å². The van der Waals surface area contributed by atoms with Crippen molar-refractivity contribution in [2.24, 2.45) is 0 Å². The van der Waals surface area contributed by atoms with Gasteiger partial charge in [0.15, 0.2) is 6.04 Å². The van der Waals surface area contributed by atoms with Crippen LogP contribution in [-0.2, 0) is 22.5 Å². The number of hydrogen-bond acceptors (Lipinski definition) is 3. The highest BCUT2D eigenvalue weighted by molar-refractivity contribution is 5.74. The molecule has 0 bridgehead atoms. The molecule has 0 aromatic heterocycles. The number of esters is 1. The molecule has 1 atom stereocenters. The van der Waals surface area contributed by atoms with Crippen molar-refractivity contribution in [3.8, 4) is 5.75 Å². The van der Waals surface area contributed by atoms with Gasteiger partial charge in [0, 0.05) is 12.0 Å². The van der Waals surface area contributed by atoms with E-state index in [4.69, 9.17) is 9.47 Å². The fraction of sp³-hybridized carbons (Fsp3) is 0.658. The number of quaternary nitrogens is 1. The van der Waals surface area contributed by atoms with Crippen LogP contribution in [0.15, 0.2) is 54.6 Å². The van der Waals surface area contributed by atoms with Crippen LogP contribution in [0.25, 0.3) is 0 Å². The molecule has 0 aliphatic rings. The number of rotatable bonds is 25. The number of carbonyl (C=O) groups is 1. The molecular weight excluding hydrogens is 518 g/mol. The molecule has 0 aliphatic heterocycles. The number of ether oxygens (including phenoxy) is 2. The van der Waals surface area contributed by atoms with E-state index in [0.717, 1.165) is 44.4 Å². The minimum atomic E-state index is -0.153. The van der Waals surface area contributed by atoms with Crippen molar-refractivity contribution in [1.29, 1.82) is 0 Å². The summed E-state index contributed by atoms with van der Waals surface area (Å²) in [4.78, 5) is 13.0. The van der Waals surface area contributed by atoms with E-state index in [0.29, 0.717) is 17.7 Å². The first kappa shape index (κ1) is 35.9. The molecule has 0 aliphatic carbocycles. The van der Waals surface area contributed by atoms with Crippen LogP contribution in [0.3, 0.4) is 0 Å². The lowest BCUT2D eigenvalue weighted by Crippen LogP contribution is -2.52. The Bertz CT molecular complexity index is 942.